The molecule has 5 rings (SSSR count). The first-order chi connectivity index (χ1) is 15.9. The highest BCUT2D eigenvalue weighted by molar-refractivity contribution is 9.11. The Morgan fingerprint density at radius 3 is 2.79 bits per heavy atom. The number of nitrogens with one attached hydrogen (secondary N) is 1. The number of benzene rings is 2. The molecule has 0 aliphatic heterocycles. The summed E-state index contributed by atoms with van der Waals surface area (Å²) in [6.45, 7) is 4.07. The van der Waals surface area contributed by atoms with Gasteiger partial charge in [-0.15, -0.1) is 0 Å². The lowest BCUT2D eigenvalue weighted by atomic mass is 10.2. The third-order valence-corrected chi connectivity index (χ3v) is 6.49. The average molecular weight is 566 g/mol. The van der Waals surface area contributed by atoms with Crippen LogP contribution in [0.4, 0.5) is 0 Å². The molecular weight excluding hydrogens is 548 g/mol. The van der Waals surface area contributed by atoms with Crippen molar-refractivity contribution in [1.82, 2.24) is 15.0 Å². The van der Waals surface area contributed by atoms with Crippen LogP contribution < -0.4 is 5.43 Å². The monoisotopic (exact) mass is 564 g/mol. The van der Waals surface area contributed by atoms with Crippen LogP contribution in [0, 0.1) is 13.8 Å². The number of hydrogen-bond donors (Lipinski definition) is 1. The van der Waals surface area contributed by atoms with Crippen molar-refractivity contribution < 1.29 is 9.21 Å². The van der Waals surface area contributed by atoms with Gasteiger partial charge in [-0.25, -0.2) is 5.43 Å². The smallest absolute Gasteiger partial charge is 0.307 e. The predicted molar refractivity (Wildman–Crippen MR) is 137 cm³/mol. The van der Waals surface area contributed by atoms with Gasteiger partial charge in [-0.05, 0) is 78.3 Å². The molecule has 6 nitrogen and oxygen atoms in total. The van der Waals surface area contributed by atoms with Gasteiger partial charge in [0.05, 0.1) is 16.2 Å². The second kappa shape index (κ2) is 8.61. The molecular formula is C25H18Br2N4O2. The second-order valence-corrected chi connectivity index (χ2v) is 9.43. The Labute approximate surface area is 206 Å². The van der Waals surface area contributed by atoms with Gasteiger partial charge in [0.15, 0.2) is 5.76 Å². The molecule has 33 heavy (non-hydrogen) atoms. The second-order valence-electron chi connectivity index (χ2n) is 7.66. The van der Waals surface area contributed by atoms with E-state index in [2.05, 4.69) is 64.1 Å². The SMILES string of the molecule is Cc1cc(/C=N\NC(=O)c2cc3cc(Br)cc(Br)c3o2)c(C)n1-c1ccc2ncccc2c1. The van der Waals surface area contributed by atoms with Gasteiger partial charge in [0.2, 0.25) is 0 Å². The molecule has 0 bridgehead atoms. The summed E-state index contributed by atoms with van der Waals surface area (Å²) >= 11 is 6.89. The summed E-state index contributed by atoms with van der Waals surface area (Å²) < 4.78 is 9.52. The van der Waals surface area contributed by atoms with E-state index in [1.165, 1.54) is 0 Å². The number of rotatable bonds is 4. The van der Waals surface area contributed by atoms with Gasteiger partial charge in [-0.2, -0.15) is 5.10 Å². The molecule has 3 heterocycles. The van der Waals surface area contributed by atoms with E-state index in [-0.39, 0.29) is 5.76 Å². The van der Waals surface area contributed by atoms with Crippen LogP contribution in [0.1, 0.15) is 27.5 Å². The van der Waals surface area contributed by atoms with Crippen LogP contribution in [0.5, 0.6) is 0 Å². The number of nitrogens with zero attached hydrogens (tertiary/aromatic N) is 3. The Kier molecular flexibility index (Phi) is 5.64. The van der Waals surface area contributed by atoms with Gasteiger partial charge in [-0.1, -0.05) is 22.0 Å². The number of carbonyl (C=O) groups is 1. The Hall–Kier alpha value is -3.23. The van der Waals surface area contributed by atoms with Gasteiger partial charge < -0.3 is 8.98 Å². The number of fused-ring (bicyclic) bond motifs is 2. The molecule has 1 N–H and O–H groups in total. The number of hydrogen-bond acceptors (Lipinski definition) is 4. The van der Waals surface area contributed by atoms with Crippen molar-refractivity contribution in [3.63, 3.8) is 0 Å². The number of aryl methyl sites for hydroxylation is 1. The Bertz CT molecular complexity index is 1570. The van der Waals surface area contributed by atoms with Crippen molar-refractivity contribution in [2.45, 2.75) is 13.8 Å². The molecule has 5 aromatic rings. The first kappa shape index (κ1) is 21.6. The van der Waals surface area contributed by atoms with Crippen LogP contribution in [-0.4, -0.2) is 21.7 Å². The molecule has 0 unspecified atom stereocenters. The van der Waals surface area contributed by atoms with Gasteiger partial charge in [0.25, 0.3) is 0 Å². The predicted octanol–water partition coefficient (Wildman–Crippen LogP) is 6.68. The van der Waals surface area contributed by atoms with Crippen LogP contribution in [0.2, 0.25) is 0 Å². The standard InChI is InChI=1S/C25H18Br2N4O2/c1-14-8-18(15(2)31(14)20-5-6-22-16(10-20)4-3-7-28-22)13-29-30-25(32)23-11-17-9-19(26)12-21(27)24(17)33-23/h3-13H,1-2H3,(H,30,32)/b29-13-. The molecule has 2 aromatic carbocycles. The number of halogens is 2. The highest BCUT2D eigenvalue weighted by atomic mass is 79.9. The third-order valence-electron chi connectivity index (χ3n) is 5.44. The Balaban J connectivity index is 1.38. The molecule has 3 aromatic heterocycles. The van der Waals surface area contributed by atoms with Crippen LogP contribution >= 0.6 is 31.9 Å². The van der Waals surface area contributed by atoms with Gasteiger partial charge in [0, 0.05) is 44.1 Å². The fourth-order valence-electron chi connectivity index (χ4n) is 3.92. The Morgan fingerprint density at radius 1 is 1.09 bits per heavy atom. The van der Waals surface area contributed by atoms with Crippen LogP contribution in [0.15, 0.2) is 79.3 Å². The molecule has 0 spiro atoms. The largest absolute Gasteiger partial charge is 0.450 e. The molecule has 0 radical (unpaired) electrons. The lowest BCUT2D eigenvalue weighted by molar-refractivity contribution is 0.0929. The number of carbonyl (C=O) groups excluding carboxylic acids is 1. The first-order valence-corrected chi connectivity index (χ1v) is 11.8. The lowest BCUT2D eigenvalue weighted by Gasteiger charge is -2.10. The normalized spacial score (nSPS) is 11.6. The molecule has 0 atom stereocenters. The van der Waals surface area contributed by atoms with E-state index in [1.807, 2.05) is 50.2 Å². The minimum Gasteiger partial charge on any atom is -0.450 e. The Morgan fingerprint density at radius 2 is 1.94 bits per heavy atom. The van der Waals surface area contributed by atoms with E-state index in [1.54, 1.807) is 18.5 Å². The summed E-state index contributed by atoms with van der Waals surface area (Å²) in [5.41, 5.74) is 8.17. The minimum atomic E-state index is -0.415. The van der Waals surface area contributed by atoms with Crippen LogP contribution in [-0.2, 0) is 0 Å². The first-order valence-electron chi connectivity index (χ1n) is 10.2. The van der Waals surface area contributed by atoms with E-state index >= 15 is 0 Å². The van der Waals surface area contributed by atoms with E-state index in [0.717, 1.165) is 47.9 Å². The average Bonchev–Trinajstić information content (AvgIpc) is 3.34. The topological polar surface area (TPSA) is 72.4 Å². The van der Waals surface area contributed by atoms with Crippen molar-refractivity contribution >= 4 is 65.9 Å². The fraction of sp³-hybridized carbons (Fsp3) is 0.0800. The number of pyridine rings is 1. The molecule has 0 aliphatic rings. The molecule has 0 fully saturated rings. The zero-order valence-corrected chi connectivity index (χ0v) is 20.9. The quantitative estimate of drug-likeness (QED) is 0.195. The maximum atomic E-state index is 12.5. The van der Waals surface area contributed by atoms with Crippen molar-refractivity contribution in [2.75, 3.05) is 0 Å². The lowest BCUT2D eigenvalue weighted by Crippen LogP contribution is -2.16. The summed E-state index contributed by atoms with van der Waals surface area (Å²) in [5, 5.41) is 6.06. The number of amides is 1. The van der Waals surface area contributed by atoms with E-state index in [4.69, 9.17) is 4.42 Å². The molecule has 164 valence electrons. The number of furan rings is 1. The fourth-order valence-corrected chi connectivity index (χ4v) is 5.26. The maximum Gasteiger partial charge on any atom is 0.307 e. The number of aromatic nitrogens is 2. The highest BCUT2D eigenvalue weighted by Gasteiger charge is 2.15. The van der Waals surface area contributed by atoms with Crippen molar-refractivity contribution in [2.24, 2.45) is 5.10 Å². The number of hydrazone groups is 1. The molecule has 0 saturated heterocycles. The van der Waals surface area contributed by atoms with E-state index in [9.17, 15) is 4.79 Å². The molecule has 8 heteroatoms. The third kappa shape index (κ3) is 4.12. The zero-order valence-electron chi connectivity index (χ0n) is 17.8. The molecule has 1 amide bonds. The van der Waals surface area contributed by atoms with E-state index < -0.39 is 5.91 Å². The van der Waals surface area contributed by atoms with Crippen LogP contribution in [0.25, 0.3) is 27.6 Å². The minimum absolute atomic E-state index is 0.191. The maximum absolute atomic E-state index is 12.5. The van der Waals surface area contributed by atoms with E-state index in [0.29, 0.717) is 5.58 Å². The van der Waals surface area contributed by atoms with Gasteiger partial charge in [0.1, 0.15) is 5.58 Å². The van der Waals surface area contributed by atoms with Crippen molar-refractivity contribution in [3.05, 3.63) is 92.5 Å². The molecule has 0 aliphatic carbocycles. The van der Waals surface area contributed by atoms with Crippen molar-refractivity contribution in [3.8, 4) is 5.69 Å². The summed E-state index contributed by atoms with van der Waals surface area (Å²) in [4.78, 5) is 16.9. The summed E-state index contributed by atoms with van der Waals surface area (Å²) in [6, 6.07) is 17.6. The summed E-state index contributed by atoms with van der Waals surface area (Å²) in [5.74, 6) is -0.225. The zero-order chi connectivity index (χ0) is 23.1. The van der Waals surface area contributed by atoms with Crippen LogP contribution in [0.3, 0.4) is 0 Å². The van der Waals surface area contributed by atoms with Gasteiger partial charge in [-0.3, -0.25) is 9.78 Å². The molecule has 0 saturated carbocycles. The summed E-state index contributed by atoms with van der Waals surface area (Å²) in [7, 11) is 0. The van der Waals surface area contributed by atoms with Crippen molar-refractivity contribution in [1.29, 1.82) is 0 Å². The highest BCUT2D eigenvalue weighted by Crippen LogP contribution is 2.31. The van der Waals surface area contributed by atoms with Gasteiger partial charge >= 0.3 is 5.91 Å². The summed E-state index contributed by atoms with van der Waals surface area (Å²) in [6.07, 6.45) is 3.44.